The molecule has 3 aromatic heterocycles. The summed E-state index contributed by atoms with van der Waals surface area (Å²) < 4.78 is 6.90. The van der Waals surface area contributed by atoms with E-state index < -0.39 is 0 Å². The zero-order valence-electron chi connectivity index (χ0n) is 11.3. The Morgan fingerprint density at radius 2 is 2.05 bits per heavy atom. The molecule has 8 heteroatoms. The fourth-order valence-electron chi connectivity index (χ4n) is 1.69. The maximum absolute atomic E-state index is 5.33. The van der Waals surface area contributed by atoms with Crippen molar-refractivity contribution in [1.29, 1.82) is 0 Å². The molecule has 3 aromatic rings. The van der Waals surface area contributed by atoms with Crippen LogP contribution in [0.15, 0.2) is 43.2 Å². The molecule has 0 aliphatic rings. The van der Waals surface area contributed by atoms with Gasteiger partial charge in [-0.25, -0.2) is 24.6 Å². The fraction of sp³-hybridized carbons (Fsp3) is 0.154. The molecule has 3 rings (SSSR count). The molecule has 0 aromatic carbocycles. The van der Waals surface area contributed by atoms with Gasteiger partial charge < -0.3 is 10.1 Å². The number of anilines is 2. The van der Waals surface area contributed by atoms with Crippen LogP contribution in [-0.2, 0) is 0 Å². The van der Waals surface area contributed by atoms with E-state index in [1.54, 1.807) is 41.6 Å². The zero-order chi connectivity index (χ0) is 14.5. The highest BCUT2D eigenvalue weighted by atomic mass is 16.5. The van der Waals surface area contributed by atoms with E-state index in [4.69, 9.17) is 4.74 Å². The molecule has 0 bridgehead atoms. The van der Waals surface area contributed by atoms with Gasteiger partial charge in [-0.15, -0.1) is 0 Å². The Kier molecular flexibility index (Phi) is 3.68. The van der Waals surface area contributed by atoms with Gasteiger partial charge in [0.1, 0.15) is 12.1 Å². The van der Waals surface area contributed by atoms with Crippen LogP contribution in [-0.4, -0.2) is 36.3 Å². The van der Waals surface area contributed by atoms with E-state index in [1.807, 2.05) is 6.92 Å². The fourth-order valence-corrected chi connectivity index (χ4v) is 1.69. The molecule has 0 radical (unpaired) electrons. The van der Waals surface area contributed by atoms with Gasteiger partial charge in [0.05, 0.1) is 24.7 Å². The van der Waals surface area contributed by atoms with Gasteiger partial charge in [-0.05, 0) is 13.0 Å². The summed E-state index contributed by atoms with van der Waals surface area (Å²) in [5, 5.41) is 7.32. The minimum Gasteiger partial charge on any atom is -0.478 e. The number of aromatic nitrogens is 6. The van der Waals surface area contributed by atoms with Crippen LogP contribution >= 0.6 is 0 Å². The summed E-state index contributed by atoms with van der Waals surface area (Å²) in [5.74, 6) is 1.65. The second-order valence-electron chi connectivity index (χ2n) is 4.02. The third-order valence-corrected chi connectivity index (χ3v) is 2.55. The summed E-state index contributed by atoms with van der Waals surface area (Å²) in [6.07, 6.45) is 8.21. The molecule has 0 aliphatic carbocycles. The van der Waals surface area contributed by atoms with Crippen molar-refractivity contribution in [2.45, 2.75) is 6.92 Å². The third-order valence-electron chi connectivity index (χ3n) is 2.55. The molecule has 3 heterocycles. The highest BCUT2D eigenvalue weighted by Crippen LogP contribution is 2.17. The number of hydrogen-bond acceptors (Lipinski definition) is 7. The summed E-state index contributed by atoms with van der Waals surface area (Å²) in [4.78, 5) is 16.4. The van der Waals surface area contributed by atoms with E-state index in [0.717, 1.165) is 5.69 Å². The summed E-state index contributed by atoms with van der Waals surface area (Å²) in [6, 6.07) is 3.47. The topological polar surface area (TPSA) is 90.6 Å². The molecule has 0 saturated heterocycles. The van der Waals surface area contributed by atoms with Crippen LogP contribution < -0.4 is 10.1 Å². The van der Waals surface area contributed by atoms with Gasteiger partial charge in [-0.1, -0.05) is 0 Å². The Balaban J connectivity index is 1.77. The van der Waals surface area contributed by atoms with Gasteiger partial charge in [0.25, 0.3) is 0 Å². The highest BCUT2D eigenvalue weighted by molar-refractivity contribution is 5.54. The molecule has 8 nitrogen and oxygen atoms in total. The molecule has 0 aliphatic heterocycles. The summed E-state index contributed by atoms with van der Waals surface area (Å²) >= 11 is 0. The van der Waals surface area contributed by atoms with Crippen LogP contribution in [0, 0.1) is 0 Å². The Bertz CT molecular complexity index is 713. The summed E-state index contributed by atoms with van der Waals surface area (Å²) in [6.45, 7) is 2.46. The monoisotopic (exact) mass is 283 g/mol. The van der Waals surface area contributed by atoms with Crippen LogP contribution in [0.3, 0.4) is 0 Å². The van der Waals surface area contributed by atoms with E-state index in [-0.39, 0.29) is 0 Å². The molecule has 1 N–H and O–H groups in total. The molecular weight excluding hydrogens is 270 g/mol. The lowest BCUT2D eigenvalue weighted by molar-refractivity contribution is 0.326. The average molecular weight is 283 g/mol. The molecule has 0 unspecified atom stereocenters. The number of ether oxygens (including phenoxy) is 1. The van der Waals surface area contributed by atoms with E-state index in [2.05, 4.69) is 30.4 Å². The van der Waals surface area contributed by atoms with Crippen LogP contribution in [0.1, 0.15) is 6.92 Å². The van der Waals surface area contributed by atoms with Crippen molar-refractivity contribution in [2.24, 2.45) is 0 Å². The lowest BCUT2D eigenvalue weighted by atomic mass is 10.5. The standard InChI is InChI=1S/C13H13N7O/c1-2-21-12-6-11(16-9-17-12)19-10-7-18-20(8-10)13-14-4-3-5-15-13/h3-9H,2H2,1H3,(H,16,17,19). The maximum Gasteiger partial charge on any atom is 0.250 e. The van der Waals surface area contributed by atoms with Gasteiger partial charge in [-0.3, -0.25) is 0 Å². The second kappa shape index (κ2) is 5.95. The molecule has 0 atom stereocenters. The van der Waals surface area contributed by atoms with Crippen LogP contribution in [0.4, 0.5) is 11.5 Å². The average Bonchev–Trinajstić information content (AvgIpc) is 2.97. The molecule has 0 spiro atoms. The van der Waals surface area contributed by atoms with Crippen molar-refractivity contribution >= 4 is 11.5 Å². The molecule has 106 valence electrons. The van der Waals surface area contributed by atoms with E-state index in [1.165, 1.54) is 6.33 Å². The third kappa shape index (κ3) is 3.11. The minimum atomic E-state index is 0.503. The molecule has 0 fully saturated rings. The van der Waals surface area contributed by atoms with E-state index in [0.29, 0.717) is 24.3 Å². The van der Waals surface area contributed by atoms with Crippen molar-refractivity contribution in [3.63, 3.8) is 0 Å². The van der Waals surface area contributed by atoms with Crippen LogP contribution in [0.25, 0.3) is 5.95 Å². The first-order valence-corrected chi connectivity index (χ1v) is 6.39. The van der Waals surface area contributed by atoms with Crippen LogP contribution in [0.5, 0.6) is 5.88 Å². The first kappa shape index (κ1) is 13.0. The largest absolute Gasteiger partial charge is 0.478 e. The first-order chi connectivity index (χ1) is 10.3. The van der Waals surface area contributed by atoms with E-state index >= 15 is 0 Å². The normalized spacial score (nSPS) is 10.3. The van der Waals surface area contributed by atoms with Crippen molar-refractivity contribution in [3.8, 4) is 11.8 Å². The Hall–Kier alpha value is -3.03. The zero-order valence-corrected chi connectivity index (χ0v) is 11.3. The van der Waals surface area contributed by atoms with Crippen LogP contribution in [0.2, 0.25) is 0 Å². The number of nitrogens with zero attached hydrogens (tertiary/aromatic N) is 6. The predicted molar refractivity (Wildman–Crippen MR) is 75.6 cm³/mol. The summed E-state index contributed by atoms with van der Waals surface area (Å²) in [7, 11) is 0. The maximum atomic E-state index is 5.33. The Morgan fingerprint density at radius 3 is 2.86 bits per heavy atom. The van der Waals surface area contributed by atoms with Crippen molar-refractivity contribution in [3.05, 3.63) is 43.2 Å². The second-order valence-corrected chi connectivity index (χ2v) is 4.02. The van der Waals surface area contributed by atoms with Gasteiger partial charge >= 0.3 is 0 Å². The lowest BCUT2D eigenvalue weighted by Crippen LogP contribution is -2.00. The number of hydrogen-bond donors (Lipinski definition) is 1. The molecule has 0 amide bonds. The van der Waals surface area contributed by atoms with Crippen molar-refractivity contribution < 1.29 is 4.74 Å². The Morgan fingerprint density at radius 1 is 1.19 bits per heavy atom. The summed E-state index contributed by atoms with van der Waals surface area (Å²) in [5.41, 5.74) is 0.767. The SMILES string of the molecule is CCOc1cc(Nc2cnn(-c3ncccn3)c2)ncn1. The molecule has 21 heavy (non-hydrogen) atoms. The Labute approximate surface area is 120 Å². The van der Waals surface area contributed by atoms with Gasteiger partial charge in [-0.2, -0.15) is 5.10 Å². The van der Waals surface area contributed by atoms with Gasteiger partial charge in [0.15, 0.2) is 0 Å². The van der Waals surface area contributed by atoms with Crippen molar-refractivity contribution in [2.75, 3.05) is 11.9 Å². The highest BCUT2D eigenvalue weighted by Gasteiger charge is 2.04. The lowest BCUT2D eigenvalue weighted by Gasteiger charge is -2.04. The smallest absolute Gasteiger partial charge is 0.250 e. The number of rotatable bonds is 5. The van der Waals surface area contributed by atoms with Crippen molar-refractivity contribution in [1.82, 2.24) is 29.7 Å². The number of nitrogens with one attached hydrogen (secondary N) is 1. The first-order valence-electron chi connectivity index (χ1n) is 6.39. The molecular formula is C13H13N7O. The minimum absolute atomic E-state index is 0.503. The van der Waals surface area contributed by atoms with E-state index in [9.17, 15) is 0 Å². The van der Waals surface area contributed by atoms with Gasteiger partial charge in [0, 0.05) is 18.5 Å². The predicted octanol–water partition coefficient (Wildman–Crippen LogP) is 1.59. The molecule has 0 saturated carbocycles. The van der Waals surface area contributed by atoms with Gasteiger partial charge in [0.2, 0.25) is 11.8 Å². The quantitative estimate of drug-likeness (QED) is 0.760.